The third-order valence-electron chi connectivity index (χ3n) is 2.09. The van der Waals surface area contributed by atoms with E-state index in [1.54, 1.807) is 23.0 Å². The Labute approximate surface area is 98.9 Å². The van der Waals surface area contributed by atoms with Crippen LogP contribution >= 0.6 is 0 Å². The number of phenols is 1. The second kappa shape index (κ2) is 5.37. The standard InChI is InChI=1S/C10H11N3O2.ClH/c11-10-7-13(12-15-10)6-5-8-1-3-9(14)4-2-8;/h1-4,7H,5-6H2,(H2-,11,12,14);1H. The lowest BCUT2D eigenvalue weighted by molar-refractivity contribution is -0.761. The highest BCUT2D eigenvalue weighted by atomic mass is 35.5. The summed E-state index contributed by atoms with van der Waals surface area (Å²) in [7, 11) is 0. The molecule has 0 radical (unpaired) electrons. The van der Waals surface area contributed by atoms with Gasteiger partial charge < -0.3 is 23.2 Å². The van der Waals surface area contributed by atoms with Crippen LogP contribution in [0, 0.1) is 0 Å². The number of nitrogens with two attached hydrogens (primary N) is 1. The number of aryl methyl sites for hydroxylation is 2. The molecule has 0 saturated heterocycles. The first-order valence-corrected chi connectivity index (χ1v) is 4.64. The quantitative estimate of drug-likeness (QED) is 0.583. The average molecular weight is 242 g/mol. The first kappa shape index (κ1) is 12.3. The molecule has 0 amide bonds. The Hall–Kier alpha value is -1.75. The first-order chi connectivity index (χ1) is 7.24. The van der Waals surface area contributed by atoms with Gasteiger partial charge in [0, 0.05) is 6.42 Å². The summed E-state index contributed by atoms with van der Waals surface area (Å²) in [5.74, 6) is 0.581. The second-order valence-corrected chi connectivity index (χ2v) is 3.28. The lowest BCUT2D eigenvalue weighted by Crippen LogP contribution is -3.00. The predicted octanol–water partition coefficient (Wildman–Crippen LogP) is -2.50. The largest absolute Gasteiger partial charge is 1.00 e. The maximum Gasteiger partial charge on any atom is 0.293 e. The van der Waals surface area contributed by atoms with E-state index in [0.717, 1.165) is 12.0 Å². The molecule has 5 nitrogen and oxygen atoms in total. The van der Waals surface area contributed by atoms with E-state index < -0.39 is 0 Å². The topological polar surface area (TPSA) is 76.2 Å². The summed E-state index contributed by atoms with van der Waals surface area (Å²) in [6.45, 7) is 0.700. The van der Waals surface area contributed by atoms with E-state index in [0.29, 0.717) is 12.4 Å². The molecule has 0 bridgehead atoms. The number of anilines is 1. The molecule has 0 aliphatic rings. The number of rotatable bonds is 3. The molecule has 2 rings (SSSR count). The van der Waals surface area contributed by atoms with E-state index in [9.17, 15) is 0 Å². The molecular formula is C10H12ClN3O2. The van der Waals surface area contributed by atoms with Crippen LogP contribution in [0.1, 0.15) is 5.56 Å². The van der Waals surface area contributed by atoms with E-state index in [1.807, 2.05) is 12.1 Å². The van der Waals surface area contributed by atoms with Crippen molar-refractivity contribution in [2.75, 3.05) is 5.73 Å². The minimum absolute atomic E-state index is 0. The maximum atomic E-state index is 9.10. The van der Waals surface area contributed by atoms with Crippen LogP contribution < -0.4 is 22.8 Å². The van der Waals surface area contributed by atoms with E-state index in [4.69, 9.17) is 15.4 Å². The van der Waals surface area contributed by atoms with Crippen molar-refractivity contribution in [1.29, 1.82) is 0 Å². The van der Waals surface area contributed by atoms with Gasteiger partial charge in [-0.25, -0.2) is 0 Å². The van der Waals surface area contributed by atoms with Crippen LogP contribution in [0.15, 0.2) is 35.0 Å². The molecule has 86 valence electrons. The third kappa shape index (κ3) is 3.13. The number of hydrogen-bond acceptors (Lipinski definition) is 4. The fourth-order valence-corrected chi connectivity index (χ4v) is 1.31. The van der Waals surface area contributed by atoms with Gasteiger partial charge in [0.25, 0.3) is 12.1 Å². The molecule has 3 N–H and O–H groups in total. The number of benzene rings is 1. The molecule has 1 aromatic carbocycles. The highest BCUT2D eigenvalue weighted by Gasteiger charge is 2.08. The van der Waals surface area contributed by atoms with Crippen molar-refractivity contribution in [3.63, 3.8) is 0 Å². The molecule has 0 atom stereocenters. The first-order valence-electron chi connectivity index (χ1n) is 4.64. The monoisotopic (exact) mass is 241 g/mol. The molecule has 0 saturated carbocycles. The van der Waals surface area contributed by atoms with E-state index in [2.05, 4.69) is 5.27 Å². The molecule has 0 fully saturated rings. The number of nitrogens with zero attached hydrogens (tertiary/aromatic N) is 2. The Morgan fingerprint density at radius 1 is 1.31 bits per heavy atom. The number of nitrogen functional groups attached to an aromatic ring is 1. The molecule has 0 aliphatic carbocycles. The van der Waals surface area contributed by atoms with Crippen molar-refractivity contribution in [2.24, 2.45) is 0 Å². The van der Waals surface area contributed by atoms with E-state index in [-0.39, 0.29) is 18.2 Å². The zero-order chi connectivity index (χ0) is 10.7. The zero-order valence-corrected chi connectivity index (χ0v) is 9.26. The molecular weight excluding hydrogens is 230 g/mol. The SMILES string of the molecule is Nc1c[n+](CCc2ccc(O)cc2)no1.[Cl-]. The normalized spacial score (nSPS) is 9.75. The molecule has 6 heteroatoms. The van der Waals surface area contributed by atoms with Gasteiger partial charge in [0.1, 0.15) is 5.75 Å². The summed E-state index contributed by atoms with van der Waals surface area (Å²) in [6.07, 6.45) is 2.46. The molecule has 0 unspecified atom stereocenters. The van der Waals surface area contributed by atoms with Gasteiger partial charge in [-0.2, -0.15) is 0 Å². The molecule has 16 heavy (non-hydrogen) atoms. The van der Waals surface area contributed by atoms with Gasteiger partial charge in [0.05, 0.1) is 0 Å². The van der Waals surface area contributed by atoms with Crippen LogP contribution in [0.2, 0.25) is 0 Å². The summed E-state index contributed by atoms with van der Waals surface area (Å²) < 4.78 is 6.36. The Morgan fingerprint density at radius 2 is 2.00 bits per heavy atom. The smallest absolute Gasteiger partial charge is 0.293 e. The summed E-state index contributed by atoms with van der Waals surface area (Å²) in [4.78, 5) is 0. The van der Waals surface area contributed by atoms with Crippen molar-refractivity contribution in [1.82, 2.24) is 5.27 Å². The Balaban J connectivity index is 0.00000128. The Bertz CT molecular complexity index is 442. The van der Waals surface area contributed by atoms with E-state index in [1.165, 1.54) is 0 Å². The molecule has 2 aromatic rings. The van der Waals surface area contributed by atoms with Crippen molar-refractivity contribution in [2.45, 2.75) is 13.0 Å². The summed E-state index contributed by atoms with van der Waals surface area (Å²) >= 11 is 0. The van der Waals surface area contributed by atoms with Crippen LogP contribution in [0.3, 0.4) is 0 Å². The molecule has 0 aliphatic heterocycles. The number of phenolic OH excluding ortho intramolecular Hbond substituents is 1. The number of aromatic nitrogens is 2. The predicted molar refractivity (Wildman–Crippen MR) is 52.9 cm³/mol. The molecule has 1 aromatic heterocycles. The van der Waals surface area contributed by atoms with Crippen molar-refractivity contribution in [3.8, 4) is 5.75 Å². The van der Waals surface area contributed by atoms with Gasteiger partial charge >= 0.3 is 0 Å². The van der Waals surface area contributed by atoms with Gasteiger partial charge in [-0.3, -0.25) is 4.52 Å². The fourth-order valence-electron chi connectivity index (χ4n) is 1.31. The van der Waals surface area contributed by atoms with Crippen LogP contribution in [-0.2, 0) is 13.0 Å². The van der Waals surface area contributed by atoms with Gasteiger partial charge in [-0.05, 0) is 17.7 Å². The molecule has 0 spiro atoms. The molecule has 1 heterocycles. The minimum atomic E-state index is 0. The van der Waals surface area contributed by atoms with Crippen LogP contribution in [0.4, 0.5) is 5.88 Å². The Kier molecular flexibility index (Phi) is 4.13. The van der Waals surface area contributed by atoms with Crippen LogP contribution in [-0.4, -0.2) is 10.4 Å². The van der Waals surface area contributed by atoms with Gasteiger partial charge in [0.15, 0.2) is 6.54 Å². The van der Waals surface area contributed by atoms with Gasteiger partial charge in [0.2, 0.25) is 5.27 Å². The average Bonchev–Trinajstić information content (AvgIpc) is 2.64. The van der Waals surface area contributed by atoms with Gasteiger partial charge in [-0.1, -0.05) is 16.8 Å². The van der Waals surface area contributed by atoms with Crippen LogP contribution in [0.5, 0.6) is 5.75 Å². The van der Waals surface area contributed by atoms with Gasteiger partial charge in [-0.15, -0.1) is 0 Å². The second-order valence-electron chi connectivity index (χ2n) is 3.28. The minimum Gasteiger partial charge on any atom is -1.00 e. The number of hydrogen-bond donors (Lipinski definition) is 2. The van der Waals surface area contributed by atoms with Crippen molar-refractivity contribution >= 4 is 5.88 Å². The van der Waals surface area contributed by atoms with Crippen molar-refractivity contribution in [3.05, 3.63) is 36.0 Å². The fraction of sp³-hybridized carbons (Fsp3) is 0.200. The Morgan fingerprint density at radius 3 is 2.56 bits per heavy atom. The number of aromatic hydroxyl groups is 1. The van der Waals surface area contributed by atoms with E-state index >= 15 is 0 Å². The summed E-state index contributed by atoms with van der Waals surface area (Å²) in [6, 6.07) is 7.08. The highest BCUT2D eigenvalue weighted by Crippen LogP contribution is 2.09. The summed E-state index contributed by atoms with van der Waals surface area (Å²) in [5, 5.41) is 12.8. The third-order valence-corrected chi connectivity index (χ3v) is 2.09. The summed E-state index contributed by atoms with van der Waals surface area (Å²) in [5.41, 5.74) is 6.51. The van der Waals surface area contributed by atoms with Crippen molar-refractivity contribution < 1.29 is 26.7 Å². The number of halogens is 1. The maximum absolute atomic E-state index is 9.10. The van der Waals surface area contributed by atoms with Crippen LogP contribution in [0.25, 0.3) is 0 Å². The zero-order valence-electron chi connectivity index (χ0n) is 8.51. The highest BCUT2D eigenvalue weighted by molar-refractivity contribution is 5.25. The lowest BCUT2D eigenvalue weighted by Gasteiger charge is -1.95. The lowest BCUT2D eigenvalue weighted by atomic mass is 10.1.